The molecule has 0 amide bonds. The Kier molecular flexibility index (Phi) is 5.03. The topological polar surface area (TPSA) is 37.8 Å². The molecule has 0 saturated heterocycles. The van der Waals surface area contributed by atoms with E-state index in [-0.39, 0.29) is 0 Å². The summed E-state index contributed by atoms with van der Waals surface area (Å²) in [5.74, 6) is 1.20. The molecule has 1 aliphatic rings. The monoisotopic (exact) mass is 321 g/mol. The highest BCUT2D eigenvalue weighted by molar-refractivity contribution is 7.11. The van der Waals surface area contributed by atoms with Gasteiger partial charge in [-0.25, -0.2) is 0 Å². The van der Waals surface area contributed by atoms with Crippen molar-refractivity contribution < 1.29 is 0 Å². The lowest BCUT2D eigenvalue weighted by atomic mass is 9.88. The minimum atomic E-state index is 0.495. The first kappa shape index (κ1) is 15.1. The largest absolute Gasteiger partial charge is 0.316 e. The van der Waals surface area contributed by atoms with Crippen molar-refractivity contribution in [2.24, 2.45) is 5.92 Å². The van der Waals surface area contributed by atoms with Crippen LogP contribution < -0.4 is 5.32 Å². The lowest BCUT2D eigenvalue weighted by molar-refractivity contribution is 0.553. The molecule has 1 N–H and O–H groups in total. The summed E-state index contributed by atoms with van der Waals surface area (Å²) in [7, 11) is 0. The molecule has 1 unspecified atom stereocenters. The summed E-state index contributed by atoms with van der Waals surface area (Å²) in [5, 5.41) is 17.0. The van der Waals surface area contributed by atoms with Gasteiger partial charge < -0.3 is 5.32 Å². The summed E-state index contributed by atoms with van der Waals surface area (Å²) in [4.78, 5) is 1.56. The van der Waals surface area contributed by atoms with Crippen LogP contribution in [0.15, 0.2) is 11.4 Å². The van der Waals surface area contributed by atoms with Crippen LogP contribution in [0, 0.1) is 5.92 Å². The molecule has 0 saturated carbocycles. The summed E-state index contributed by atoms with van der Waals surface area (Å²) in [6.07, 6.45) is 4.74. The van der Waals surface area contributed by atoms with Gasteiger partial charge in [-0.15, -0.1) is 32.9 Å². The number of fused-ring (bicyclic) bond motifs is 1. The highest BCUT2D eigenvalue weighted by Crippen LogP contribution is 2.40. The van der Waals surface area contributed by atoms with Gasteiger partial charge in [0, 0.05) is 23.8 Å². The van der Waals surface area contributed by atoms with E-state index in [2.05, 4.69) is 40.8 Å². The number of thiophene rings is 1. The Balaban J connectivity index is 1.61. The maximum atomic E-state index is 4.48. The zero-order chi connectivity index (χ0) is 14.7. The van der Waals surface area contributed by atoms with Gasteiger partial charge in [0.15, 0.2) is 0 Å². The van der Waals surface area contributed by atoms with E-state index in [0.29, 0.717) is 11.8 Å². The number of nitrogens with zero attached hydrogens (tertiary/aromatic N) is 2. The van der Waals surface area contributed by atoms with Crippen LogP contribution in [0.2, 0.25) is 0 Å². The van der Waals surface area contributed by atoms with Crippen molar-refractivity contribution in [1.29, 1.82) is 0 Å². The summed E-state index contributed by atoms with van der Waals surface area (Å²) in [5.41, 5.74) is 1.51. The van der Waals surface area contributed by atoms with E-state index < -0.39 is 0 Å². The first-order valence-corrected chi connectivity index (χ1v) is 9.53. The molecule has 2 aromatic heterocycles. The van der Waals surface area contributed by atoms with Gasteiger partial charge in [0.1, 0.15) is 10.0 Å². The summed E-state index contributed by atoms with van der Waals surface area (Å²) in [6, 6.07) is 2.29. The molecule has 2 heterocycles. The van der Waals surface area contributed by atoms with Gasteiger partial charge in [-0.05, 0) is 48.7 Å². The molecule has 0 spiro atoms. The van der Waals surface area contributed by atoms with Gasteiger partial charge in [0.2, 0.25) is 0 Å². The van der Waals surface area contributed by atoms with Crippen molar-refractivity contribution in [2.45, 2.75) is 45.4 Å². The summed E-state index contributed by atoms with van der Waals surface area (Å²) >= 11 is 3.70. The van der Waals surface area contributed by atoms with Crippen LogP contribution in [-0.2, 0) is 12.8 Å². The second-order valence-corrected chi connectivity index (χ2v) is 8.22. The fourth-order valence-electron chi connectivity index (χ4n) is 2.84. The molecule has 5 heteroatoms. The van der Waals surface area contributed by atoms with Crippen LogP contribution in [-0.4, -0.2) is 23.3 Å². The molecular formula is C16H23N3S2. The molecule has 21 heavy (non-hydrogen) atoms. The second-order valence-electron chi connectivity index (χ2n) is 6.13. The molecule has 0 bridgehead atoms. The average Bonchev–Trinajstić information content (AvgIpc) is 3.12. The van der Waals surface area contributed by atoms with Crippen LogP contribution >= 0.6 is 22.7 Å². The molecule has 1 atom stereocenters. The van der Waals surface area contributed by atoms with E-state index in [1.54, 1.807) is 4.88 Å². The zero-order valence-electron chi connectivity index (χ0n) is 12.8. The second kappa shape index (κ2) is 6.99. The van der Waals surface area contributed by atoms with Crippen molar-refractivity contribution in [3.05, 3.63) is 31.9 Å². The smallest absolute Gasteiger partial charge is 0.124 e. The molecule has 0 fully saturated rings. The quantitative estimate of drug-likeness (QED) is 0.821. The molecule has 2 aromatic rings. The molecule has 0 aromatic carbocycles. The number of rotatable bonds is 6. The van der Waals surface area contributed by atoms with Crippen LogP contribution in [0.4, 0.5) is 0 Å². The number of hydrogen-bond acceptors (Lipinski definition) is 5. The van der Waals surface area contributed by atoms with Crippen molar-refractivity contribution in [2.75, 3.05) is 13.1 Å². The zero-order valence-corrected chi connectivity index (χ0v) is 14.4. The van der Waals surface area contributed by atoms with E-state index in [0.717, 1.165) is 19.5 Å². The normalized spacial score (nSPS) is 18.1. The van der Waals surface area contributed by atoms with Crippen LogP contribution in [0.5, 0.6) is 0 Å². The van der Waals surface area contributed by atoms with Gasteiger partial charge in [0.25, 0.3) is 0 Å². The Morgan fingerprint density at radius 1 is 1.38 bits per heavy atom. The van der Waals surface area contributed by atoms with E-state index in [1.807, 2.05) is 22.7 Å². The Hall–Kier alpha value is -0.780. The molecule has 1 aliphatic carbocycles. The highest BCUT2D eigenvalue weighted by Gasteiger charge is 2.25. The van der Waals surface area contributed by atoms with Crippen molar-refractivity contribution in [3.63, 3.8) is 0 Å². The third-order valence-electron chi connectivity index (χ3n) is 3.90. The Morgan fingerprint density at radius 3 is 3.14 bits per heavy atom. The molecule has 3 rings (SSSR count). The fraction of sp³-hybridized carbons (Fsp3) is 0.625. The third-order valence-corrected chi connectivity index (χ3v) is 5.99. The minimum Gasteiger partial charge on any atom is -0.316 e. The average molecular weight is 322 g/mol. The maximum absolute atomic E-state index is 4.48. The first-order valence-electron chi connectivity index (χ1n) is 7.83. The predicted octanol–water partition coefficient (Wildman–Crippen LogP) is 3.86. The summed E-state index contributed by atoms with van der Waals surface area (Å²) < 4.78 is 0. The first-order chi connectivity index (χ1) is 10.2. The number of nitrogens with one attached hydrogen (secondary N) is 1. The minimum absolute atomic E-state index is 0.495. The number of aromatic nitrogens is 2. The molecule has 0 aliphatic heterocycles. The standard InChI is InChI=1S/C16H23N3S2/c1-11(2)10-17-8-6-15-18-19-16(21-15)13-4-3-5-14-12(13)7-9-20-14/h7,9,11,13,17H,3-6,8,10H2,1-2H3. The van der Waals surface area contributed by atoms with Gasteiger partial charge in [-0.3, -0.25) is 0 Å². The Bertz CT molecular complexity index is 574. The maximum Gasteiger partial charge on any atom is 0.124 e. The van der Waals surface area contributed by atoms with Crippen LogP contribution in [0.1, 0.15) is 53.1 Å². The Labute approximate surface area is 134 Å². The Morgan fingerprint density at radius 2 is 2.29 bits per heavy atom. The van der Waals surface area contributed by atoms with E-state index in [4.69, 9.17) is 0 Å². The van der Waals surface area contributed by atoms with Crippen LogP contribution in [0.25, 0.3) is 0 Å². The SMILES string of the molecule is CC(C)CNCCc1nnc(C2CCCc3sccc32)s1. The lowest BCUT2D eigenvalue weighted by Crippen LogP contribution is -2.22. The number of hydrogen-bond donors (Lipinski definition) is 1. The van der Waals surface area contributed by atoms with Gasteiger partial charge in [-0.2, -0.15) is 0 Å². The van der Waals surface area contributed by atoms with E-state index >= 15 is 0 Å². The molecule has 114 valence electrons. The molecular weight excluding hydrogens is 298 g/mol. The predicted molar refractivity (Wildman–Crippen MR) is 90.4 cm³/mol. The molecule has 3 nitrogen and oxygen atoms in total. The van der Waals surface area contributed by atoms with Gasteiger partial charge >= 0.3 is 0 Å². The molecule has 0 radical (unpaired) electrons. The highest BCUT2D eigenvalue weighted by atomic mass is 32.1. The van der Waals surface area contributed by atoms with Gasteiger partial charge in [-0.1, -0.05) is 13.8 Å². The lowest BCUT2D eigenvalue weighted by Gasteiger charge is -2.19. The van der Waals surface area contributed by atoms with Crippen molar-refractivity contribution in [1.82, 2.24) is 15.5 Å². The number of aryl methyl sites for hydroxylation is 1. The van der Waals surface area contributed by atoms with E-state index in [1.165, 1.54) is 34.8 Å². The van der Waals surface area contributed by atoms with Crippen molar-refractivity contribution >= 4 is 22.7 Å². The van der Waals surface area contributed by atoms with E-state index in [9.17, 15) is 0 Å². The third kappa shape index (κ3) is 3.71. The van der Waals surface area contributed by atoms with Crippen molar-refractivity contribution in [3.8, 4) is 0 Å². The fourth-order valence-corrected chi connectivity index (χ4v) is 4.82. The summed E-state index contributed by atoms with van der Waals surface area (Å²) in [6.45, 7) is 6.54. The van der Waals surface area contributed by atoms with Gasteiger partial charge in [0.05, 0.1) is 0 Å². The van der Waals surface area contributed by atoms with Crippen LogP contribution in [0.3, 0.4) is 0 Å².